The monoisotopic (exact) mass is 399 g/mol. The van der Waals surface area contributed by atoms with Crippen LogP contribution in [0.2, 0.25) is 0 Å². The number of amides is 1. The van der Waals surface area contributed by atoms with Crippen LogP contribution in [0.5, 0.6) is 0 Å². The van der Waals surface area contributed by atoms with Gasteiger partial charge in [0.25, 0.3) is 5.56 Å². The maximum Gasteiger partial charge on any atom is 0.251 e. The SMILES string of the molecule is Cl.O=C([C@H]1[C@@H]2CNC[C@@H](C2)c2cccc(=O)n21)N1CCc2ccccc2CC1. The summed E-state index contributed by atoms with van der Waals surface area (Å²) in [6.07, 6.45) is 2.76. The molecule has 2 aromatic rings. The molecule has 1 aromatic heterocycles. The quantitative estimate of drug-likeness (QED) is 0.799. The number of carbonyl (C=O) groups is 1. The predicted octanol–water partition coefficient (Wildman–Crippen LogP) is 2.15. The number of carbonyl (C=O) groups excluding carboxylic acids is 1. The molecular weight excluding hydrogens is 374 g/mol. The van der Waals surface area contributed by atoms with Gasteiger partial charge in [-0.3, -0.25) is 14.2 Å². The molecule has 2 bridgehead atoms. The minimum absolute atomic E-state index is 0. The van der Waals surface area contributed by atoms with Crippen molar-refractivity contribution in [2.24, 2.45) is 5.92 Å². The van der Waals surface area contributed by atoms with Crippen molar-refractivity contribution in [3.8, 4) is 0 Å². The summed E-state index contributed by atoms with van der Waals surface area (Å²) in [6, 6.07) is 13.5. The number of hydrogen-bond acceptors (Lipinski definition) is 3. The van der Waals surface area contributed by atoms with Crippen LogP contribution in [0.3, 0.4) is 0 Å². The van der Waals surface area contributed by atoms with Gasteiger partial charge in [-0.1, -0.05) is 30.3 Å². The summed E-state index contributed by atoms with van der Waals surface area (Å²) in [5.74, 6) is 0.633. The fraction of sp³-hybridized carbons (Fsp3) is 0.455. The van der Waals surface area contributed by atoms with Crippen molar-refractivity contribution in [1.29, 1.82) is 0 Å². The Morgan fingerprint density at radius 3 is 2.39 bits per heavy atom. The molecule has 1 amide bonds. The number of rotatable bonds is 1. The largest absolute Gasteiger partial charge is 0.340 e. The second-order valence-corrected chi connectivity index (χ2v) is 8.05. The fourth-order valence-corrected chi connectivity index (χ4v) is 5.19. The Morgan fingerprint density at radius 2 is 1.68 bits per heavy atom. The molecule has 4 heterocycles. The van der Waals surface area contributed by atoms with E-state index in [2.05, 4.69) is 29.6 Å². The van der Waals surface area contributed by atoms with Crippen molar-refractivity contribution in [3.05, 3.63) is 69.6 Å². The molecule has 148 valence electrons. The number of nitrogens with zero attached hydrogens (tertiary/aromatic N) is 2. The summed E-state index contributed by atoms with van der Waals surface area (Å²) in [7, 11) is 0. The number of nitrogens with one attached hydrogen (secondary N) is 1. The van der Waals surface area contributed by atoms with Crippen LogP contribution >= 0.6 is 12.4 Å². The van der Waals surface area contributed by atoms with E-state index in [1.54, 1.807) is 10.6 Å². The average Bonchev–Trinajstić information content (AvgIpc) is 2.92. The summed E-state index contributed by atoms with van der Waals surface area (Å²) in [5.41, 5.74) is 3.66. The summed E-state index contributed by atoms with van der Waals surface area (Å²) in [5, 5.41) is 3.48. The van der Waals surface area contributed by atoms with E-state index in [0.717, 1.165) is 51.1 Å². The molecule has 0 spiro atoms. The minimum atomic E-state index is -0.376. The Balaban J connectivity index is 0.00000192. The highest BCUT2D eigenvalue weighted by molar-refractivity contribution is 5.85. The number of pyridine rings is 1. The van der Waals surface area contributed by atoms with Crippen LogP contribution in [0.4, 0.5) is 0 Å². The summed E-state index contributed by atoms with van der Waals surface area (Å²) < 4.78 is 1.81. The van der Waals surface area contributed by atoms with Crippen LogP contribution < -0.4 is 10.9 Å². The van der Waals surface area contributed by atoms with E-state index in [1.807, 2.05) is 17.0 Å². The van der Waals surface area contributed by atoms with Gasteiger partial charge in [-0.05, 0) is 36.5 Å². The lowest BCUT2D eigenvalue weighted by Gasteiger charge is -2.43. The standard InChI is InChI=1S/C22H25N3O2.ClH/c26-20-7-3-6-19-17-12-18(14-23-13-17)21(25(19)20)22(27)24-10-8-15-4-1-2-5-16(15)9-11-24;/h1-7,17-18,21,23H,8-14H2;1H/t17-,18+,21-;/m1./s1. The highest BCUT2D eigenvalue weighted by Crippen LogP contribution is 2.39. The Bertz CT molecular complexity index is 914. The molecule has 28 heavy (non-hydrogen) atoms. The number of piperidine rings is 1. The maximum atomic E-state index is 13.6. The Hall–Kier alpha value is -2.11. The first kappa shape index (κ1) is 19.2. The molecule has 5 nitrogen and oxygen atoms in total. The second kappa shape index (κ2) is 7.72. The van der Waals surface area contributed by atoms with Crippen molar-refractivity contribution >= 4 is 18.3 Å². The highest BCUT2D eigenvalue weighted by atomic mass is 35.5. The maximum absolute atomic E-state index is 13.6. The van der Waals surface area contributed by atoms with Crippen LogP contribution in [-0.4, -0.2) is 41.6 Å². The van der Waals surface area contributed by atoms with Gasteiger partial charge in [0.2, 0.25) is 5.91 Å². The van der Waals surface area contributed by atoms with Gasteiger partial charge in [-0.15, -0.1) is 12.4 Å². The number of fused-ring (bicyclic) bond motifs is 5. The molecule has 0 aliphatic carbocycles. The predicted molar refractivity (Wildman–Crippen MR) is 111 cm³/mol. The normalized spacial score (nSPS) is 25.7. The van der Waals surface area contributed by atoms with E-state index in [9.17, 15) is 9.59 Å². The second-order valence-electron chi connectivity index (χ2n) is 8.05. The summed E-state index contributed by atoms with van der Waals surface area (Å²) in [4.78, 5) is 28.3. The molecule has 0 unspecified atom stereocenters. The molecule has 5 rings (SSSR count). The first-order valence-corrected chi connectivity index (χ1v) is 10.00. The summed E-state index contributed by atoms with van der Waals surface area (Å²) >= 11 is 0. The zero-order valence-electron chi connectivity index (χ0n) is 15.8. The first-order valence-electron chi connectivity index (χ1n) is 10.00. The lowest BCUT2D eigenvalue weighted by atomic mass is 9.79. The molecule has 3 aliphatic heterocycles. The lowest BCUT2D eigenvalue weighted by molar-refractivity contribution is -0.137. The minimum Gasteiger partial charge on any atom is -0.340 e. The molecule has 1 aromatic carbocycles. The van der Waals surface area contributed by atoms with Crippen LogP contribution in [-0.2, 0) is 17.6 Å². The van der Waals surface area contributed by atoms with Gasteiger partial charge in [-0.25, -0.2) is 0 Å². The average molecular weight is 400 g/mol. The van der Waals surface area contributed by atoms with E-state index in [0.29, 0.717) is 5.92 Å². The Labute approximate surface area is 171 Å². The molecule has 0 saturated carbocycles. The number of hydrogen-bond donors (Lipinski definition) is 1. The Kier molecular flexibility index (Phi) is 5.30. The first-order chi connectivity index (χ1) is 13.2. The van der Waals surface area contributed by atoms with Gasteiger partial charge in [0, 0.05) is 49.8 Å². The van der Waals surface area contributed by atoms with Crippen LogP contribution in [0.1, 0.15) is 35.2 Å². The van der Waals surface area contributed by atoms with Gasteiger partial charge in [-0.2, -0.15) is 0 Å². The smallest absolute Gasteiger partial charge is 0.251 e. The molecule has 3 atom stereocenters. The fourth-order valence-electron chi connectivity index (χ4n) is 5.19. The number of benzene rings is 1. The van der Waals surface area contributed by atoms with Crippen LogP contribution in [0.15, 0.2) is 47.3 Å². The lowest BCUT2D eigenvalue weighted by Crippen LogP contribution is -2.53. The van der Waals surface area contributed by atoms with E-state index < -0.39 is 0 Å². The zero-order valence-corrected chi connectivity index (χ0v) is 16.7. The molecule has 0 radical (unpaired) electrons. The third-order valence-electron chi connectivity index (χ3n) is 6.53. The van der Waals surface area contributed by atoms with E-state index in [1.165, 1.54) is 11.1 Å². The van der Waals surface area contributed by atoms with E-state index in [4.69, 9.17) is 0 Å². The van der Waals surface area contributed by atoms with Crippen LogP contribution in [0, 0.1) is 5.92 Å². The third-order valence-corrected chi connectivity index (χ3v) is 6.53. The number of halogens is 1. The zero-order chi connectivity index (χ0) is 18.4. The third kappa shape index (κ3) is 3.16. The number of aromatic nitrogens is 1. The molecule has 1 fully saturated rings. The van der Waals surface area contributed by atoms with Crippen molar-refractivity contribution in [1.82, 2.24) is 14.8 Å². The molecule has 1 saturated heterocycles. The van der Waals surface area contributed by atoms with Gasteiger partial charge in [0.15, 0.2) is 0 Å². The van der Waals surface area contributed by atoms with Crippen LogP contribution in [0.25, 0.3) is 0 Å². The molecule has 1 N–H and O–H groups in total. The van der Waals surface area contributed by atoms with Gasteiger partial charge < -0.3 is 10.2 Å². The van der Waals surface area contributed by atoms with E-state index >= 15 is 0 Å². The van der Waals surface area contributed by atoms with Crippen molar-refractivity contribution in [2.75, 3.05) is 26.2 Å². The van der Waals surface area contributed by atoms with Crippen molar-refractivity contribution in [3.63, 3.8) is 0 Å². The van der Waals surface area contributed by atoms with Gasteiger partial charge in [0.1, 0.15) is 6.04 Å². The summed E-state index contributed by atoms with van der Waals surface area (Å²) in [6.45, 7) is 3.15. The van der Waals surface area contributed by atoms with Gasteiger partial charge in [0.05, 0.1) is 0 Å². The van der Waals surface area contributed by atoms with Gasteiger partial charge >= 0.3 is 0 Å². The van der Waals surface area contributed by atoms with Crippen molar-refractivity contribution < 1.29 is 4.79 Å². The van der Waals surface area contributed by atoms with Crippen molar-refractivity contribution in [2.45, 2.75) is 31.2 Å². The highest BCUT2D eigenvalue weighted by Gasteiger charge is 2.42. The molecule has 6 heteroatoms. The molecule has 3 aliphatic rings. The molecular formula is C22H26ClN3O2. The van der Waals surface area contributed by atoms with E-state index in [-0.39, 0.29) is 35.8 Å². The topological polar surface area (TPSA) is 54.3 Å². The Morgan fingerprint density at radius 1 is 0.964 bits per heavy atom.